The summed E-state index contributed by atoms with van der Waals surface area (Å²) in [5.74, 6) is 1.50. The molecule has 2 fully saturated rings. The Morgan fingerprint density at radius 1 is 1.26 bits per heavy atom. The van der Waals surface area contributed by atoms with Gasteiger partial charge < -0.3 is 14.7 Å². The Labute approximate surface area is 146 Å². The van der Waals surface area contributed by atoms with E-state index in [1.807, 2.05) is 13.0 Å². The molecule has 2 aliphatic carbocycles. The molecule has 0 saturated heterocycles. The van der Waals surface area contributed by atoms with E-state index in [4.69, 9.17) is 4.74 Å². The number of ether oxygens (including phenoxy) is 1. The lowest BCUT2D eigenvalue weighted by molar-refractivity contribution is -0.121. The second-order valence-corrected chi connectivity index (χ2v) is 7.94. The molecule has 0 spiro atoms. The van der Waals surface area contributed by atoms with Gasteiger partial charge in [0.1, 0.15) is 11.4 Å². The van der Waals surface area contributed by atoms with E-state index < -0.39 is 5.60 Å². The number of nitrogens with zero attached hydrogens (tertiary/aromatic N) is 1. The van der Waals surface area contributed by atoms with Crippen LogP contribution in [0.15, 0.2) is 18.2 Å². The molecule has 0 heterocycles. The van der Waals surface area contributed by atoms with Gasteiger partial charge in [0.05, 0.1) is 7.11 Å². The van der Waals surface area contributed by atoms with Gasteiger partial charge in [0.25, 0.3) is 0 Å². The molecule has 0 aliphatic heterocycles. The largest absolute Gasteiger partial charge is 0.496 e. The second kappa shape index (κ2) is 6.27. The highest BCUT2D eigenvalue weighted by Crippen LogP contribution is 2.58. The number of aryl methyl sites for hydroxylation is 1. The van der Waals surface area contributed by atoms with E-state index in [0.717, 1.165) is 23.3 Å². The van der Waals surface area contributed by atoms with Gasteiger partial charge in [-0.3, -0.25) is 0 Å². The third-order valence-corrected chi connectivity index (χ3v) is 6.02. The number of rotatable bonds is 3. The van der Waals surface area contributed by atoms with Crippen molar-refractivity contribution in [3.05, 3.63) is 29.3 Å². The minimum atomic E-state index is -0.793. The molecule has 4 atom stereocenters. The molecule has 3 rings (SSSR count). The molecule has 1 aromatic rings. The van der Waals surface area contributed by atoms with Crippen molar-refractivity contribution in [1.29, 1.82) is 0 Å². The summed E-state index contributed by atoms with van der Waals surface area (Å²) in [7, 11) is 5.90. The number of methoxy groups -OCH3 is 1. The van der Waals surface area contributed by atoms with E-state index in [1.165, 1.54) is 19.3 Å². The summed E-state index contributed by atoms with van der Waals surface area (Å²) in [6.07, 6.45) is 4.55. The molecule has 2 aliphatic rings. The summed E-state index contributed by atoms with van der Waals surface area (Å²) in [6, 6.07) is 6.34. The zero-order valence-electron chi connectivity index (χ0n) is 14.9. The molecule has 2 bridgehead atoms. The van der Waals surface area contributed by atoms with Crippen molar-refractivity contribution < 1.29 is 9.84 Å². The quantitative estimate of drug-likeness (QED) is 0.910. The zero-order valence-corrected chi connectivity index (χ0v) is 15.7. The lowest BCUT2D eigenvalue weighted by Gasteiger charge is -2.52. The van der Waals surface area contributed by atoms with E-state index in [2.05, 4.69) is 38.1 Å². The van der Waals surface area contributed by atoms with Crippen LogP contribution in [-0.2, 0) is 5.60 Å². The van der Waals surface area contributed by atoms with Crippen molar-refractivity contribution in [3.63, 3.8) is 0 Å². The molecule has 1 aromatic carbocycles. The first-order valence-electron chi connectivity index (χ1n) is 8.34. The summed E-state index contributed by atoms with van der Waals surface area (Å²) in [5, 5.41) is 11.7. The second-order valence-electron chi connectivity index (χ2n) is 7.94. The van der Waals surface area contributed by atoms with Gasteiger partial charge in [0, 0.05) is 6.04 Å². The average Bonchev–Trinajstić information content (AvgIpc) is 2.74. The smallest absolute Gasteiger partial charge is 0.122 e. The predicted octanol–water partition coefficient (Wildman–Crippen LogP) is 3.75. The number of hydrogen-bond donors (Lipinski definition) is 1. The van der Waals surface area contributed by atoms with E-state index in [1.54, 1.807) is 7.11 Å². The Morgan fingerprint density at radius 3 is 2.57 bits per heavy atom. The van der Waals surface area contributed by atoms with Crippen LogP contribution in [0.25, 0.3) is 0 Å². The van der Waals surface area contributed by atoms with Crippen LogP contribution in [0, 0.1) is 18.3 Å². The van der Waals surface area contributed by atoms with Crippen molar-refractivity contribution in [2.75, 3.05) is 21.2 Å². The molecular weight excluding hydrogens is 310 g/mol. The minimum absolute atomic E-state index is 0. The van der Waals surface area contributed by atoms with Crippen LogP contribution >= 0.6 is 12.4 Å². The number of benzene rings is 1. The first-order valence-corrected chi connectivity index (χ1v) is 8.34. The topological polar surface area (TPSA) is 32.7 Å². The molecule has 4 heteroatoms. The normalized spacial score (nSPS) is 36.0. The fourth-order valence-corrected chi connectivity index (χ4v) is 5.36. The van der Waals surface area contributed by atoms with Crippen molar-refractivity contribution in [2.24, 2.45) is 11.3 Å². The first kappa shape index (κ1) is 18.6. The Kier molecular flexibility index (Phi) is 5.06. The zero-order chi connectivity index (χ0) is 16.1. The van der Waals surface area contributed by atoms with E-state index in [-0.39, 0.29) is 23.9 Å². The molecule has 2 saturated carbocycles. The van der Waals surface area contributed by atoms with Crippen molar-refractivity contribution in [2.45, 2.75) is 51.2 Å². The van der Waals surface area contributed by atoms with Gasteiger partial charge in [0.2, 0.25) is 0 Å². The number of aliphatic hydroxyl groups is 1. The maximum Gasteiger partial charge on any atom is 0.122 e. The van der Waals surface area contributed by atoms with Crippen LogP contribution in [0.4, 0.5) is 0 Å². The maximum atomic E-state index is 11.7. The first-order chi connectivity index (χ1) is 10.3. The third kappa shape index (κ3) is 2.88. The highest BCUT2D eigenvalue weighted by molar-refractivity contribution is 5.85. The van der Waals surface area contributed by atoms with Gasteiger partial charge in [-0.1, -0.05) is 19.1 Å². The summed E-state index contributed by atoms with van der Waals surface area (Å²) in [4.78, 5) is 2.23. The third-order valence-electron chi connectivity index (χ3n) is 6.02. The van der Waals surface area contributed by atoms with Crippen LogP contribution < -0.4 is 4.74 Å². The van der Waals surface area contributed by atoms with Gasteiger partial charge in [-0.2, -0.15) is 0 Å². The molecule has 0 radical (unpaired) electrons. The molecular formula is C19H30ClNO2. The van der Waals surface area contributed by atoms with Gasteiger partial charge in [0.15, 0.2) is 0 Å². The predicted molar refractivity (Wildman–Crippen MR) is 96.4 cm³/mol. The van der Waals surface area contributed by atoms with E-state index >= 15 is 0 Å². The fraction of sp³-hybridized carbons (Fsp3) is 0.684. The Hall–Kier alpha value is -0.770. The average molecular weight is 340 g/mol. The van der Waals surface area contributed by atoms with Crippen LogP contribution in [0.1, 0.15) is 43.7 Å². The molecule has 1 N–H and O–H groups in total. The van der Waals surface area contributed by atoms with Crippen molar-refractivity contribution >= 4 is 12.4 Å². The summed E-state index contributed by atoms with van der Waals surface area (Å²) in [6.45, 7) is 4.40. The summed E-state index contributed by atoms with van der Waals surface area (Å²) in [5.41, 5.74) is 1.52. The van der Waals surface area contributed by atoms with Crippen LogP contribution in [0.5, 0.6) is 5.75 Å². The van der Waals surface area contributed by atoms with Gasteiger partial charge in [-0.25, -0.2) is 0 Å². The molecule has 0 amide bonds. The fourth-order valence-electron chi connectivity index (χ4n) is 5.36. The Bertz CT molecular complexity index is 576. The van der Waals surface area contributed by atoms with Gasteiger partial charge in [-0.05, 0) is 75.2 Å². The van der Waals surface area contributed by atoms with Gasteiger partial charge >= 0.3 is 0 Å². The lowest BCUT2D eigenvalue weighted by Crippen LogP contribution is -2.58. The number of likely N-dealkylation sites (N-methyl/N-ethyl adjacent to an activating group) is 1. The number of halogens is 1. The summed E-state index contributed by atoms with van der Waals surface area (Å²) >= 11 is 0. The maximum absolute atomic E-state index is 11.7. The number of hydrogen-bond acceptors (Lipinski definition) is 3. The highest BCUT2D eigenvalue weighted by atomic mass is 35.5. The van der Waals surface area contributed by atoms with Crippen molar-refractivity contribution in [1.82, 2.24) is 4.90 Å². The SMILES string of the molecule is COc1cc(C2(O)CC3CCC(C)(C3)C2N(C)C)ccc1C.Cl. The highest BCUT2D eigenvalue weighted by Gasteiger charge is 2.58. The van der Waals surface area contributed by atoms with Crippen molar-refractivity contribution in [3.8, 4) is 5.75 Å². The summed E-state index contributed by atoms with van der Waals surface area (Å²) < 4.78 is 5.49. The van der Waals surface area contributed by atoms with Crippen LogP contribution in [0.2, 0.25) is 0 Å². The van der Waals surface area contributed by atoms with Gasteiger partial charge in [-0.15, -0.1) is 12.4 Å². The molecule has 130 valence electrons. The monoisotopic (exact) mass is 339 g/mol. The lowest BCUT2D eigenvalue weighted by atomic mass is 9.62. The van der Waals surface area contributed by atoms with E-state index in [9.17, 15) is 5.11 Å². The van der Waals surface area contributed by atoms with Crippen LogP contribution in [-0.4, -0.2) is 37.3 Å². The van der Waals surface area contributed by atoms with Crippen LogP contribution in [0.3, 0.4) is 0 Å². The Balaban J connectivity index is 0.00000192. The molecule has 4 unspecified atom stereocenters. The van der Waals surface area contributed by atoms with E-state index in [0.29, 0.717) is 5.92 Å². The molecule has 3 nitrogen and oxygen atoms in total. The molecule has 0 aromatic heterocycles. The number of fused-ring (bicyclic) bond motifs is 2. The Morgan fingerprint density at radius 2 is 1.96 bits per heavy atom. The minimum Gasteiger partial charge on any atom is -0.496 e. The molecule has 23 heavy (non-hydrogen) atoms. The standard InChI is InChI=1S/C19H29NO2.ClH/c1-13-6-7-15(10-16(13)22-5)19(21)12-14-8-9-18(2,11-14)17(19)20(3)4;/h6-7,10,14,17,21H,8-9,11-12H2,1-5H3;1H.